The summed E-state index contributed by atoms with van der Waals surface area (Å²) in [6.07, 6.45) is 2.47. The van der Waals surface area contributed by atoms with Gasteiger partial charge in [0, 0.05) is 25.4 Å². The number of benzene rings is 1. The highest BCUT2D eigenvalue weighted by Crippen LogP contribution is 2.37. The molecule has 2 rings (SSSR count). The SMILES string of the molecule is COCCN(c1ccc(N)cc1F)C(C)C1CC1. The number of halogens is 1. The number of nitrogens with zero attached hydrogens (tertiary/aromatic N) is 1. The summed E-state index contributed by atoms with van der Waals surface area (Å²) in [5.74, 6) is 0.428. The second kappa shape index (κ2) is 5.57. The number of methoxy groups -OCH3 is 1. The van der Waals surface area contributed by atoms with E-state index in [9.17, 15) is 4.39 Å². The smallest absolute Gasteiger partial charge is 0.148 e. The van der Waals surface area contributed by atoms with E-state index < -0.39 is 0 Å². The van der Waals surface area contributed by atoms with Gasteiger partial charge in [-0.25, -0.2) is 4.39 Å². The molecule has 0 aliphatic heterocycles. The molecule has 1 aliphatic rings. The first kappa shape index (κ1) is 13.1. The number of nitrogens with two attached hydrogens (primary N) is 1. The summed E-state index contributed by atoms with van der Waals surface area (Å²) in [5.41, 5.74) is 6.68. The monoisotopic (exact) mass is 252 g/mol. The Morgan fingerprint density at radius 3 is 2.78 bits per heavy atom. The fraction of sp³-hybridized carbons (Fsp3) is 0.571. The van der Waals surface area contributed by atoms with Gasteiger partial charge < -0.3 is 15.4 Å². The van der Waals surface area contributed by atoms with E-state index in [1.54, 1.807) is 19.2 Å². The molecule has 18 heavy (non-hydrogen) atoms. The van der Waals surface area contributed by atoms with E-state index in [-0.39, 0.29) is 5.82 Å². The van der Waals surface area contributed by atoms with E-state index in [1.165, 1.54) is 18.9 Å². The molecule has 3 nitrogen and oxygen atoms in total. The van der Waals surface area contributed by atoms with Crippen LogP contribution in [0.15, 0.2) is 18.2 Å². The minimum Gasteiger partial charge on any atom is -0.399 e. The average Bonchev–Trinajstić information content (AvgIpc) is 3.15. The van der Waals surface area contributed by atoms with Gasteiger partial charge in [0.25, 0.3) is 0 Å². The zero-order chi connectivity index (χ0) is 13.1. The lowest BCUT2D eigenvalue weighted by Crippen LogP contribution is -2.37. The summed E-state index contributed by atoms with van der Waals surface area (Å²) in [5, 5.41) is 0. The van der Waals surface area contributed by atoms with Crippen LogP contribution in [-0.2, 0) is 4.74 Å². The lowest BCUT2D eigenvalue weighted by molar-refractivity contribution is 0.202. The van der Waals surface area contributed by atoms with Crippen LogP contribution in [0.2, 0.25) is 0 Å². The molecule has 1 aliphatic carbocycles. The predicted octanol–water partition coefficient (Wildman–Crippen LogP) is 2.66. The van der Waals surface area contributed by atoms with Crippen molar-refractivity contribution in [2.24, 2.45) is 5.92 Å². The predicted molar refractivity (Wildman–Crippen MR) is 72.2 cm³/mol. The Morgan fingerprint density at radius 2 is 2.22 bits per heavy atom. The van der Waals surface area contributed by atoms with Gasteiger partial charge in [-0.1, -0.05) is 0 Å². The molecule has 0 spiro atoms. The Hall–Kier alpha value is -1.29. The molecule has 1 aromatic carbocycles. The van der Waals surface area contributed by atoms with Crippen molar-refractivity contribution in [2.45, 2.75) is 25.8 Å². The van der Waals surface area contributed by atoms with Crippen LogP contribution in [0.4, 0.5) is 15.8 Å². The third-order valence-electron chi connectivity index (χ3n) is 3.61. The van der Waals surface area contributed by atoms with Gasteiger partial charge in [-0.2, -0.15) is 0 Å². The van der Waals surface area contributed by atoms with Crippen molar-refractivity contribution in [1.29, 1.82) is 0 Å². The van der Waals surface area contributed by atoms with Crippen molar-refractivity contribution >= 4 is 11.4 Å². The molecular weight excluding hydrogens is 231 g/mol. The molecule has 1 unspecified atom stereocenters. The Balaban J connectivity index is 2.20. The molecule has 1 aromatic rings. The maximum absolute atomic E-state index is 14.0. The standard InChI is InChI=1S/C14H21FN2O/c1-10(11-3-4-11)17(7-8-18-2)14-6-5-12(16)9-13(14)15/h5-6,9-11H,3-4,7-8,16H2,1-2H3. The normalized spacial score (nSPS) is 16.6. The van der Waals surface area contributed by atoms with Crippen LogP contribution in [-0.4, -0.2) is 26.3 Å². The molecule has 0 aromatic heterocycles. The molecule has 1 atom stereocenters. The molecule has 0 radical (unpaired) electrons. The van der Waals surface area contributed by atoms with Crippen molar-refractivity contribution in [2.75, 3.05) is 30.9 Å². The number of hydrogen-bond donors (Lipinski definition) is 1. The number of hydrogen-bond acceptors (Lipinski definition) is 3. The first-order valence-electron chi connectivity index (χ1n) is 6.44. The van der Waals surface area contributed by atoms with Crippen molar-refractivity contribution < 1.29 is 9.13 Å². The summed E-state index contributed by atoms with van der Waals surface area (Å²) in [4.78, 5) is 2.09. The van der Waals surface area contributed by atoms with Crippen LogP contribution in [0, 0.1) is 11.7 Å². The number of ether oxygens (including phenoxy) is 1. The topological polar surface area (TPSA) is 38.5 Å². The zero-order valence-corrected chi connectivity index (χ0v) is 11.0. The molecule has 4 heteroatoms. The van der Waals surface area contributed by atoms with E-state index in [0.29, 0.717) is 36.5 Å². The fourth-order valence-corrected chi connectivity index (χ4v) is 2.32. The van der Waals surface area contributed by atoms with Gasteiger partial charge in [0.1, 0.15) is 5.82 Å². The molecule has 1 saturated carbocycles. The molecule has 0 saturated heterocycles. The largest absolute Gasteiger partial charge is 0.399 e. The second-order valence-electron chi connectivity index (χ2n) is 4.98. The van der Waals surface area contributed by atoms with E-state index in [2.05, 4.69) is 11.8 Å². The fourth-order valence-electron chi connectivity index (χ4n) is 2.32. The molecule has 0 amide bonds. The van der Waals surface area contributed by atoms with Gasteiger partial charge in [-0.05, 0) is 43.9 Å². The number of rotatable bonds is 6. The summed E-state index contributed by atoms with van der Waals surface area (Å²) in [6, 6.07) is 5.24. The Bertz CT molecular complexity index is 407. The third kappa shape index (κ3) is 2.93. The van der Waals surface area contributed by atoms with E-state index in [4.69, 9.17) is 10.5 Å². The van der Waals surface area contributed by atoms with Crippen LogP contribution in [0.25, 0.3) is 0 Å². The summed E-state index contributed by atoms with van der Waals surface area (Å²) in [7, 11) is 1.67. The number of nitrogen functional groups attached to an aromatic ring is 1. The lowest BCUT2D eigenvalue weighted by Gasteiger charge is -2.31. The first-order valence-corrected chi connectivity index (χ1v) is 6.44. The van der Waals surface area contributed by atoms with Gasteiger partial charge in [0.2, 0.25) is 0 Å². The summed E-state index contributed by atoms with van der Waals surface area (Å²) in [6.45, 7) is 3.46. The Morgan fingerprint density at radius 1 is 1.50 bits per heavy atom. The van der Waals surface area contributed by atoms with Crippen molar-refractivity contribution in [1.82, 2.24) is 0 Å². The zero-order valence-electron chi connectivity index (χ0n) is 11.0. The molecule has 0 heterocycles. The molecular formula is C14H21FN2O. The molecule has 100 valence electrons. The molecule has 2 N–H and O–H groups in total. The number of anilines is 2. The first-order chi connectivity index (χ1) is 8.63. The maximum atomic E-state index is 14.0. The Kier molecular flexibility index (Phi) is 4.07. The summed E-state index contributed by atoms with van der Waals surface area (Å²) >= 11 is 0. The van der Waals surface area contributed by atoms with E-state index >= 15 is 0 Å². The highest BCUT2D eigenvalue weighted by molar-refractivity contribution is 5.55. The second-order valence-corrected chi connectivity index (χ2v) is 4.98. The van der Waals surface area contributed by atoms with Crippen LogP contribution in [0.3, 0.4) is 0 Å². The van der Waals surface area contributed by atoms with Crippen LogP contribution in [0.1, 0.15) is 19.8 Å². The van der Waals surface area contributed by atoms with Crippen molar-refractivity contribution in [3.05, 3.63) is 24.0 Å². The van der Waals surface area contributed by atoms with Gasteiger partial charge >= 0.3 is 0 Å². The van der Waals surface area contributed by atoms with Crippen molar-refractivity contribution in [3.63, 3.8) is 0 Å². The highest BCUT2D eigenvalue weighted by atomic mass is 19.1. The maximum Gasteiger partial charge on any atom is 0.148 e. The Labute approximate surface area is 108 Å². The lowest BCUT2D eigenvalue weighted by atomic mass is 10.1. The van der Waals surface area contributed by atoms with Gasteiger partial charge in [-0.3, -0.25) is 0 Å². The summed E-state index contributed by atoms with van der Waals surface area (Å²) < 4.78 is 19.1. The van der Waals surface area contributed by atoms with Gasteiger partial charge in [0.15, 0.2) is 0 Å². The van der Waals surface area contributed by atoms with Crippen LogP contribution >= 0.6 is 0 Å². The average molecular weight is 252 g/mol. The van der Waals surface area contributed by atoms with Crippen molar-refractivity contribution in [3.8, 4) is 0 Å². The van der Waals surface area contributed by atoms with Gasteiger partial charge in [-0.15, -0.1) is 0 Å². The minimum absolute atomic E-state index is 0.251. The van der Waals surface area contributed by atoms with Crippen LogP contribution < -0.4 is 10.6 Å². The molecule has 0 bridgehead atoms. The van der Waals surface area contributed by atoms with E-state index in [0.717, 1.165) is 0 Å². The van der Waals surface area contributed by atoms with E-state index in [1.807, 2.05) is 0 Å². The molecule has 1 fully saturated rings. The quantitative estimate of drug-likeness (QED) is 0.791. The minimum atomic E-state index is -0.251. The highest BCUT2D eigenvalue weighted by Gasteiger charge is 2.32. The van der Waals surface area contributed by atoms with Gasteiger partial charge in [0.05, 0.1) is 12.3 Å². The van der Waals surface area contributed by atoms with Crippen LogP contribution in [0.5, 0.6) is 0 Å². The third-order valence-corrected chi connectivity index (χ3v) is 3.61.